The van der Waals surface area contributed by atoms with Crippen LogP contribution in [0, 0.1) is 18.3 Å². The van der Waals surface area contributed by atoms with Crippen molar-refractivity contribution in [3.05, 3.63) is 93.2 Å². The predicted molar refractivity (Wildman–Crippen MR) is 132 cm³/mol. The van der Waals surface area contributed by atoms with E-state index >= 15 is 0 Å². The Hall–Kier alpha value is -4.42. The molecule has 0 bridgehead atoms. The maximum atomic E-state index is 13.2. The second-order valence-electron chi connectivity index (χ2n) is 7.64. The van der Waals surface area contributed by atoms with E-state index in [9.17, 15) is 14.9 Å². The number of rotatable bonds is 5. The zero-order valence-electron chi connectivity index (χ0n) is 19.3. The Balaban J connectivity index is 2.01. The van der Waals surface area contributed by atoms with Gasteiger partial charge < -0.3 is 15.2 Å². The summed E-state index contributed by atoms with van der Waals surface area (Å²) < 4.78 is 10.1. The van der Waals surface area contributed by atoms with Crippen LogP contribution in [0.2, 0.25) is 0 Å². The van der Waals surface area contributed by atoms with Crippen molar-refractivity contribution in [1.82, 2.24) is 4.98 Å². The molecule has 2 aromatic carbocycles. The smallest absolute Gasteiger partial charge is 0.355 e. The molecular formula is C26H22N4O4S. The van der Waals surface area contributed by atoms with Crippen LogP contribution < -0.4 is 10.6 Å². The third-order valence-electron chi connectivity index (χ3n) is 5.63. The molecule has 0 saturated heterocycles. The lowest BCUT2D eigenvalue weighted by Gasteiger charge is -2.36. The molecule has 0 saturated carbocycles. The molecule has 1 aliphatic rings. The Labute approximate surface area is 206 Å². The number of nitriles is 1. The van der Waals surface area contributed by atoms with Gasteiger partial charge in [0.05, 0.1) is 48.1 Å². The molecule has 2 heterocycles. The van der Waals surface area contributed by atoms with E-state index in [2.05, 4.69) is 11.1 Å². The van der Waals surface area contributed by atoms with Gasteiger partial charge >= 0.3 is 11.9 Å². The first-order valence-corrected chi connectivity index (χ1v) is 11.5. The van der Waals surface area contributed by atoms with Crippen molar-refractivity contribution in [2.45, 2.75) is 12.8 Å². The van der Waals surface area contributed by atoms with Crippen molar-refractivity contribution in [1.29, 1.82) is 5.26 Å². The molecule has 176 valence electrons. The maximum Gasteiger partial charge on any atom is 0.355 e. The van der Waals surface area contributed by atoms with Gasteiger partial charge in [0.1, 0.15) is 11.5 Å². The summed E-state index contributed by atoms with van der Waals surface area (Å²) in [6.45, 7) is 1.91. The van der Waals surface area contributed by atoms with Crippen LogP contribution in [0.4, 0.5) is 5.69 Å². The number of ether oxygens (including phenoxy) is 2. The fourth-order valence-corrected chi connectivity index (χ4v) is 4.70. The number of carbonyl (C=O) groups is 2. The minimum Gasteiger partial charge on any atom is -0.466 e. The fraction of sp³-hybridized carbons (Fsp3) is 0.154. The van der Waals surface area contributed by atoms with Crippen LogP contribution in [0.15, 0.2) is 82.6 Å². The molecule has 1 unspecified atom stereocenters. The van der Waals surface area contributed by atoms with E-state index in [0.29, 0.717) is 11.3 Å². The van der Waals surface area contributed by atoms with Gasteiger partial charge in [-0.25, -0.2) is 14.6 Å². The Morgan fingerprint density at radius 2 is 1.80 bits per heavy atom. The summed E-state index contributed by atoms with van der Waals surface area (Å²) in [7, 11) is 2.43. The molecule has 0 radical (unpaired) electrons. The Morgan fingerprint density at radius 3 is 2.40 bits per heavy atom. The molecule has 0 spiro atoms. The molecule has 0 fully saturated rings. The number of allylic oxidation sites excluding steroid dienone is 1. The number of aryl methyl sites for hydroxylation is 1. The van der Waals surface area contributed by atoms with Crippen LogP contribution >= 0.6 is 11.3 Å². The molecule has 4 rings (SSSR count). The van der Waals surface area contributed by atoms with Gasteiger partial charge in [-0.05, 0) is 24.6 Å². The molecule has 35 heavy (non-hydrogen) atoms. The minimum absolute atomic E-state index is 0.0148. The molecule has 9 heteroatoms. The highest BCUT2D eigenvalue weighted by molar-refractivity contribution is 7.09. The minimum atomic E-state index is -0.914. The van der Waals surface area contributed by atoms with Gasteiger partial charge in [0.2, 0.25) is 0 Å². The van der Waals surface area contributed by atoms with Gasteiger partial charge in [0.15, 0.2) is 0 Å². The first kappa shape index (κ1) is 23.7. The zero-order valence-corrected chi connectivity index (χ0v) is 20.1. The van der Waals surface area contributed by atoms with Gasteiger partial charge in [0, 0.05) is 16.6 Å². The van der Waals surface area contributed by atoms with Gasteiger partial charge in [-0.2, -0.15) is 5.26 Å². The third kappa shape index (κ3) is 4.27. The van der Waals surface area contributed by atoms with Crippen molar-refractivity contribution in [3.63, 3.8) is 0 Å². The van der Waals surface area contributed by atoms with E-state index < -0.39 is 17.9 Å². The van der Waals surface area contributed by atoms with Crippen molar-refractivity contribution < 1.29 is 19.1 Å². The summed E-state index contributed by atoms with van der Waals surface area (Å²) in [6.07, 6.45) is 0. The molecular weight excluding hydrogens is 464 g/mol. The predicted octanol–water partition coefficient (Wildman–Crippen LogP) is 4.02. The first-order valence-electron chi connectivity index (χ1n) is 10.6. The van der Waals surface area contributed by atoms with Crippen LogP contribution in [-0.2, 0) is 19.1 Å². The Morgan fingerprint density at radius 1 is 1.09 bits per heavy atom. The first-order chi connectivity index (χ1) is 16.9. The molecule has 1 atom stereocenters. The number of anilines is 1. The van der Waals surface area contributed by atoms with Crippen LogP contribution in [0.3, 0.4) is 0 Å². The van der Waals surface area contributed by atoms with Crippen molar-refractivity contribution >= 4 is 29.0 Å². The SMILES string of the molecule is COC(=O)C1=C(C(=O)OC)N(c2cccc(-c3csc(C)n3)c2)C(N)=C(C#N)C1c1ccccc1. The number of hydrogen-bond donors (Lipinski definition) is 1. The summed E-state index contributed by atoms with van der Waals surface area (Å²) in [5, 5.41) is 13.0. The molecule has 1 aromatic heterocycles. The zero-order chi connectivity index (χ0) is 25.1. The van der Waals surface area contributed by atoms with Gasteiger partial charge in [-0.3, -0.25) is 4.90 Å². The Bertz CT molecular complexity index is 1400. The van der Waals surface area contributed by atoms with E-state index in [0.717, 1.165) is 16.3 Å². The summed E-state index contributed by atoms with van der Waals surface area (Å²) in [6, 6.07) is 18.2. The number of methoxy groups -OCH3 is 2. The standard InChI is InChI=1S/C26H22N4O4S/c1-15-29-20(14-35-15)17-10-7-11-18(12-17)30-23(26(32)34-3)22(25(31)33-2)21(19(13-27)24(30)28)16-8-5-4-6-9-16/h4-12,14,21H,28H2,1-3H3. The van der Waals surface area contributed by atoms with Crippen LogP contribution in [-0.4, -0.2) is 31.1 Å². The number of carbonyl (C=O) groups excluding carboxylic acids is 2. The molecule has 0 aliphatic carbocycles. The van der Waals surface area contributed by atoms with Crippen LogP contribution in [0.25, 0.3) is 11.3 Å². The van der Waals surface area contributed by atoms with E-state index in [-0.39, 0.29) is 22.7 Å². The van der Waals surface area contributed by atoms with E-state index in [1.165, 1.54) is 30.5 Å². The number of aromatic nitrogens is 1. The van der Waals surface area contributed by atoms with Crippen LogP contribution in [0.5, 0.6) is 0 Å². The topological polar surface area (TPSA) is 119 Å². The number of hydrogen-bond acceptors (Lipinski definition) is 9. The fourth-order valence-electron chi connectivity index (χ4n) is 4.08. The number of nitrogens with zero attached hydrogens (tertiary/aromatic N) is 3. The number of benzene rings is 2. The third-order valence-corrected chi connectivity index (χ3v) is 6.40. The van der Waals surface area contributed by atoms with Crippen molar-refractivity contribution in [2.24, 2.45) is 5.73 Å². The van der Waals surface area contributed by atoms with Gasteiger partial charge in [0.25, 0.3) is 0 Å². The summed E-state index contributed by atoms with van der Waals surface area (Å²) in [4.78, 5) is 32.2. The summed E-state index contributed by atoms with van der Waals surface area (Å²) >= 11 is 1.51. The van der Waals surface area contributed by atoms with Gasteiger partial charge in [-0.1, -0.05) is 42.5 Å². The number of nitrogens with two attached hydrogens (primary N) is 1. The van der Waals surface area contributed by atoms with Crippen LogP contribution in [0.1, 0.15) is 16.5 Å². The molecule has 0 amide bonds. The Kier molecular flexibility index (Phi) is 6.66. The van der Waals surface area contributed by atoms with Gasteiger partial charge in [-0.15, -0.1) is 11.3 Å². The quantitative estimate of drug-likeness (QED) is 0.537. The lowest BCUT2D eigenvalue weighted by atomic mass is 9.81. The largest absolute Gasteiger partial charge is 0.466 e. The molecule has 8 nitrogen and oxygen atoms in total. The monoisotopic (exact) mass is 486 g/mol. The highest BCUT2D eigenvalue weighted by Crippen LogP contribution is 2.43. The number of esters is 2. The van der Waals surface area contributed by atoms with E-state index in [1.807, 2.05) is 24.4 Å². The average molecular weight is 487 g/mol. The summed E-state index contributed by atoms with van der Waals surface area (Å²) in [5.74, 6) is -2.46. The second kappa shape index (κ2) is 9.83. The normalized spacial score (nSPS) is 15.6. The molecule has 1 aliphatic heterocycles. The number of thiazole rings is 1. The average Bonchev–Trinajstić information content (AvgIpc) is 3.33. The van der Waals surface area contributed by atoms with Crippen molar-refractivity contribution in [3.8, 4) is 17.3 Å². The lowest BCUT2D eigenvalue weighted by molar-refractivity contribution is -0.139. The van der Waals surface area contributed by atoms with E-state index in [4.69, 9.17) is 15.2 Å². The molecule has 3 aromatic rings. The highest BCUT2D eigenvalue weighted by atomic mass is 32.1. The van der Waals surface area contributed by atoms with E-state index in [1.54, 1.807) is 42.5 Å². The highest BCUT2D eigenvalue weighted by Gasteiger charge is 2.43. The maximum absolute atomic E-state index is 13.2. The molecule has 2 N–H and O–H groups in total. The second-order valence-corrected chi connectivity index (χ2v) is 8.70. The summed E-state index contributed by atoms with van der Waals surface area (Å²) in [5.41, 5.74) is 9.13. The lowest BCUT2D eigenvalue weighted by Crippen LogP contribution is -2.40. The van der Waals surface area contributed by atoms with Crippen molar-refractivity contribution in [2.75, 3.05) is 19.1 Å².